The van der Waals surface area contributed by atoms with Gasteiger partial charge in [0.15, 0.2) is 0 Å². The van der Waals surface area contributed by atoms with Gasteiger partial charge in [0.2, 0.25) is 0 Å². The van der Waals surface area contributed by atoms with E-state index in [1.54, 1.807) is 18.2 Å². The normalized spacial score (nSPS) is 13.2. The Bertz CT molecular complexity index is 696. The number of carbonyl (C=O) groups is 1. The summed E-state index contributed by atoms with van der Waals surface area (Å²) in [5.74, 6) is -2.36. The summed E-state index contributed by atoms with van der Waals surface area (Å²) in [6.45, 7) is 1.77. The van der Waals surface area contributed by atoms with Crippen LogP contribution in [0.5, 0.6) is 5.75 Å². The molecule has 0 spiro atoms. The van der Waals surface area contributed by atoms with Crippen molar-refractivity contribution >= 4 is 29.3 Å². The quantitative estimate of drug-likeness (QED) is 0.843. The molecule has 23 heavy (non-hydrogen) atoms. The number of methoxy groups -OCH3 is 1. The summed E-state index contributed by atoms with van der Waals surface area (Å²) in [5.41, 5.74) is 6.53. The van der Waals surface area contributed by atoms with Crippen molar-refractivity contribution in [3.8, 4) is 5.75 Å². The summed E-state index contributed by atoms with van der Waals surface area (Å²) in [6, 6.07) is 5.14. The first-order valence-corrected chi connectivity index (χ1v) is 7.08. The Labute approximate surface area is 140 Å². The smallest absolute Gasteiger partial charge is 0.308 e. The predicted octanol–water partition coefficient (Wildman–Crippen LogP) is 2.96. The number of nitrogens with two attached hydrogens (primary N) is 1. The summed E-state index contributed by atoms with van der Waals surface area (Å²) < 4.78 is 19.6. The van der Waals surface area contributed by atoms with Crippen molar-refractivity contribution in [3.05, 3.63) is 35.8 Å². The zero-order valence-corrected chi connectivity index (χ0v) is 13.8. The predicted molar refractivity (Wildman–Crippen MR) is 88.7 cm³/mol. The van der Waals surface area contributed by atoms with E-state index in [-0.39, 0.29) is 19.0 Å². The number of nitrogens with zero attached hydrogens (tertiary/aromatic N) is 1. The van der Waals surface area contributed by atoms with E-state index >= 15 is 0 Å². The summed E-state index contributed by atoms with van der Waals surface area (Å²) in [4.78, 5) is 15.5. The number of rotatable bonds is 6. The minimum Gasteiger partial charge on any atom is -0.497 e. The number of carboxylic acids is 1. The van der Waals surface area contributed by atoms with Crippen LogP contribution in [0.2, 0.25) is 0 Å². The van der Waals surface area contributed by atoms with Gasteiger partial charge >= 0.3 is 5.97 Å². The van der Waals surface area contributed by atoms with Gasteiger partial charge in [0, 0.05) is 23.4 Å². The van der Waals surface area contributed by atoms with Gasteiger partial charge in [-0.25, -0.2) is 4.39 Å². The van der Waals surface area contributed by atoms with Crippen LogP contribution in [0, 0.1) is 11.7 Å². The molecule has 3 N–H and O–H groups in total. The van der Waals surface area contributed by atoms with Crippen LogP contribution in [-0.4, -0.2) is 29.7 Å². The second-order valence-electron chi connectivity index (χ2n) is 5.10. The van der Waals surface area contributed by atoms with Gasteiger partial charge < -0.3 is 15.6 Å². The Morgan fingerprint density at radius 1 is 1.48 bits per heavy atom. The topological polar surface area (TPSA) is 85.4 Å². The van der Waals surface area contributed by atoms with Gasteiger partial charge in [-0.3, -0.25) is 9.78 Å². The molecule has 0 bridgehead atoms. The molecule has 2 atom stereocenters. The summed E-state index contributed by atoms with van der Waals surface area (Å²) in [5, 5.41) is 9.92. The van der Waals surface area contributed by atoms with Crippen LogP contribution in [-0.2, 0) is 4.79 Å². The number of fused-ring (bicyclic) bond motifs is 1. The van der Waals surface area contributed by atoms with Crippen molar-refractivity contribution < 1.29 is 19.0 Å². The van der Waals surface area contributed by atoms with Crippen LogP contribution in [0.4, 0.5) is 4.39 Å². The first kappa shape index (κ1) is 19.1. The largest absolute Gasteiger partial charge is 0.497 e. The summed E-state index contributed by atoms with van der Waals surface area (Å²) >= 11 is 0. The second kappa shape index (κ2) is 8.08. The molecule has 0 saturated carbocycles. The van der Waals surface area contributed by atoms with Crippen molar-refractivity contribution in [2.45, 2.75) is 19.3 Å². The fourth-order valence-electron chi connectivity index (χ4n) is 2.80. The minimum atomic E-state index is -1.03. The van der Waals surface area contributed by atoms with E-state index in [2.05, 4.69) is 4.98 Å². The van der Waals surface area contributed by atoms with E-state index in [1.165, 1.54) is 7.11 Å². The number of hydrogen-bond donors (Lipinski definition) is 2. The molecule has 126 valence electrons. The first-order valence-electron chi connectivity index (χ1n) is 7.08. The Balaban J connectivity index is 0.00000264. The molecule has 0 aliphatic carbocycles. The number of halogens is 2. The van der Waals surface area contributed by atoms with Crippen molar-refractivity contribution in [1.82, 2.24) is 4.98 Å². The highest BCUT2D eigenvalue weighted by Gasteiger charge is 2.30. The lowest BCUT2D eigenvalue weighted by molar-refractivity contribution is -0.142. The number of benzene rings is 1. The van der Waals surface area contributed by atoms with E-state index in [9.17, 15) is 14.3 Å². The third-order valence-electron chi connectivity index (χ3n) is 3.94. The first-order chi connectivity index (χ1) is 10.5. The molecule has 2 aromatic rings. The molecule has 0 saturated heterocycles. The Kier molecular flexibility index (Phi) is 6.72. The van der Waals surface area contributed by atoms with Crippen molar-refractivity contribution in [1.29, 1.82) is 0 Å². The molecular formula is C16H20ClFN2O3. The number of pyridine rings is 1. The van der Waals surface area contributed by atoms with Crippen LogP contribution < -0.4 is 10.5 Å². The highest BCUT2D eigenvalue weighted by molar-refractivity contribution is 5.86. The van der Waals surface area contributed by atoms with Crippen LogP contribution in [0.15, 0.2) is 24.4 Å². The average molecular weight is 343 g/mol. The third kappa shape index (κ3) is 3.71. The number of carboxylic acid groups (broad SMARTS) is 1. The van der Waals surface area contributed by atoms with Gasteiger partial charge in [0.25, 0.3) is 0 Å². The maximum atomic E-state index is 14.4. The number of aliphatic carboxylic acids is 1. The van der Waals surface area contributed by atoms with Gasteiger partial charge in [-0.1, -0.05) is 6.92 Å². The number of ether oxygens (including phenoxy) is 1. The highest BCUT2D eigenvalue weighted by atomic mass is 35.5. The lowest BCUT2D eigenvalue weighted by Crippen LogP contribution is -2.30. The molecule has 1 aromatic heterocycles. The van der Waals surface area contributed by atoms with Gasteiger partial charge in [0.1, 0.15) is 11.6 Å². The molecule has 7 heteroatoms. The van der Waals surface area contributed by atoms with Crippen LogP contribution in [0.3, 0.4) is 0 Å². The van der Waals surface area contributed by atoms with Crippen molar-refractivity contribution in [2.75, 3.05) is 13.7 Å². The molecule has 2 unspecified atom stereocenters. The lowest BCUT2D eigenvalue weighted by Gasteiger charge is -2.23. The molecule has 1 aromatic carbocycles. The van der Waals surface area contributed by atoms with E-state index in [1.807, 2.05) is 6.92 Å². The van der Waals surface area contributed by atoms with Gasteiger partial charge in [0.05, 0.1) is 24.7 Å². The zero-order valence-electron chi connectivity index (χ0n) is 13.0. The van der Waals surface area contributed by atoms with E-state index < -0.39 is 23.6 Å². The fourth-order valence-corrected chi connectivity index (χ4v) is 2.80. The molecular weight excluding hydrogens is 323 g/mol. The van der Waals surface area contributed by atoms with Crippen LogP contribution in [0.25, 0.3) is 10.9 Å². The lowest BCUT2D eigenvalue weighted by atomic mass is 9.82. The molecule has 5 nitrogen and oxygen atoms in total. The summed E-state index contributed by atoms with van der Waals surface area (Å²) in [7, 11) is 1.52. The van der Waals surface area contributed by atoms with Gasteiger partial charge in [-0.05, 0) is 24.6 Å². The second-order valence-corrected chi connectivity index (χ2v) is 5.10. The zero-order chi connectivity index (χ0) is 16.3. The summed E-state index contributed by atoms with van der Waals surface area (Å²) in [6.07, 6.45) is 1.59. The molecule has 1 heterocycles. The molecule has 0 aliphatic heterocycles. The molecule has 0 aliphatic rings. The Morgan fingerprint density at radius 2 is 2.17 bits per heavy atom. The molecule has 0 radical (unpaired) electrons. The monoisotopic (exact) mass is 342 g/mol. The van der Waals surface area contributed by atoms with Crippen LogP contribution in [0.1, 0.15) is 24.8 Å². The minimum absolute atomic E-state index is 0. The maximum Gasteiger partial charge on any atom is 0.308 e. The van der Waals surface area contributed by atoms with E-state index in [0.29, 0.717) is 28.6 Å². The molecule has 0 amide bonds. The maximum absolute atomic E-state index is 14.4. The van der Waals surface area contributed by atoms with Gasteiger partial charge in [-0.15, -0.1) is 12.4 Å². The molecule has 2 rings (SSSR count). The number of aromatic nitrogens is 1. The Morgan fingerprint density at radius 3 is 2.70 bits per heavy atom. The van der Waals surface area contributed by atoms with Crippen molar-refractivity contribution in [3.63, 3.8) is 0 Å². The van der Waals surface area contributed by atoms with Crippen LogP contribution >= 0.6 is 12.4 Å². The SMILES string of the molecule is CCC(c1c(F)cnc2ccc(OC)cc12)C(CN)C(=O)O.Cl. The standard InChI is InChI=1S/C16H19FN2O3.ClH/c1-3-10(12(7-18)16(20)21)15-11-6-9(22-2)4-5-14(11)19-8-13(15)17;/h4-6,8,10,12H,3,7,18H2,1-2H3,(H,20,21);1H. The average Bonchev–Trinajstić information content (AvgIpc) is 2.52. The number of hydrogen-bond acceptors (Lipinski definition) is 4. The molecule has 0 fully saturated rings. The Hall–Kier alpha value is -1.92. The van der Waals surface area contributed by atoms with E-state index in [0.717, 1.165) is 6.20 Å². The van der Waals surface area contributed by atoms with Crippen molar-refractivity contribution in [2.24, 2.45) is 11.7 Å². The van der Waals surface area contributed by atoms with E-state index in [4.69, 9.17) is 10.5 Å². The highest BCUT2D eigenvalue weighted by Crippen LogP contribution is 2.35. The third-order valence-corrected chi connectivity index (χ3v) is 3.94. The fraction of sp³-hybridized carbons (Fsp3) is 0.375. The van der Waals surface area contributed by atoms with Gasteiger partial charge in [-0.2, -0.15) is 0 Å².